The molecule has 1 rings (SSSR count). The van der Waals surface area contributed by atoms with Crippen molar-refractivity contribution in [1.82, 2.24) is 0 Å². The molecule has 0 heterocycles. The molecule has 0 unspecified atom stereocenters. The number of hydrogen-bond acceptors (Lipinski definition) is 1. The fraction of sp³-hybridized carbons (Fsp3) is 0.444. The Balaban J connectivity index is -0.000000234. The summed E-state index contributed by atoms with van der Waals surface area (Å²) in [6.45, 7) is 8.68. The SMILES string of the molecule is Cc1c[c-](C)c(C)c1C.[Cl-].[Cl-].[O]=[Ti+2]. The van der Waals surface area contributed by atoms with Gasteiger partial charge in [0, 0.05) is 0 Å². The number of rotatable bonds is 0. The molecule has 0 radical (unpaired) electrons. The Bertz CT molecular complexity index is 224. The fourth-order valence-corrected chi connectivity index (χ4v) is 1.13. The molecule has 0 amide bonds. The predicted molar refractivity (Wildman–Crippen MR) is 41.7 cm³/mol. The van der Waals surface area contributed by atoms with Gasteiger partial charge in [0.25, 0.3) is 0 Å². The molecular formula is C9H13Cl2OTi-. The Morgan fingerprint density at radius 3 is 1.62 bits per heavy atom. The van der Waals surface area contributed by atoms with Gasteiger partial charge in [0.2, 0.25) is 0 Å². The molecule has 0 aliphatic carbocycles. The molecule has 74 valence electrons. The van der Waals surface area contributed by atoms with Crippen molar-refractivity contribution in [1.29, 1.82) is 0 Å². The molecule has 0 spiro atoms. The van der Waals surface area contributed by atoms with Crippen LogP contribution in [0.1, 0.15) is 22.3 Å². The van der Waals surface area contributed by atoms with E-state index in [1.54, 1.807) is 0 Å². The molecule has 0 fully saturated rings. The zero-order valence-corrected chi connectivity index (χ0v) is 11.3. The minimum absolute atomic E-state index is 0. The molecule has 0 aliphatic heterocycles. The summed E-state index contributed by atoms with van der Waals surface area (Å²) < 4.78 is 8.25. The maximum absolute atomic E-state index is 8.25. The normalized spacial score (nSPS) is 7.54. The van der Waals surface area contributed by atoms with Crippen LogP contribution in [0.3, 0.4) is 0 Å². The van der Waals surface area contributed by atoms with Gasteiger partial charge in [-0.3, -0.25) is 0 Å². The Morgan fingerprint density at radius 1 is 1.15 bits per heavy atom. The van der Waals surface area contributed by atoms with Crippen LogP contribution in [0.25, 0.3) is 0 Å². The van der Waals surface area contributed by atoms with E-state index in [0.29, 0.717) is 0 Å². The van der Waals surface area contributed by atoms with Crippen LogP contribution in [0.15, 0.2) is 6.07 Å². The maximum atomic E-state index is 8.25. The first-order valence-corrected chi connectivity index (χ1v) is 4.17. The van der Waals surface area contributed by atoms with Crippen molar-refractivity contribution >= 4 is 0 Å². The van der Waals surface area contributed by atoms with E-state index in [4.69, 9.17) is 3.32 Å². The van der Waals surface area contributed by atoms with Gasteiger partial charge in [0.1, 0.15) is 0 Å². The number of hydrogen-bond donors (Lipinski definition) is 0. The molecule has 0 saturated carbocycles. The summed E-state index contributed by atoms with van der Waals surface area (Å²) >= 11 is 0.750. The summed E-state index contributed by atoms with van der Waals surface area (Å²) in [7, 11) is 0. The summed E-state index contributed by atoms with van der Waals surface area (Å²) in [5.74, 6) is 0. The van der Waals surface area contributed by atoms with Crippen molar-refractivity contribution in [2.45, 2.75) is 27.7 Å². The van der Waals surface area contributed by atoms with Crippen LogP contribution in [0.2, 0.25) is 0 Å². The second-order valence-corrected chi connectivity index (χ2v) is 2.76. The Kier molecular flexibility index (Phi) is 13.2. The van der Waals surface area contributed by atoms with Crippen molar-refractivity contribution in [3.63, 3.8) is 0 Å². The van der Waals surface area contributed by atoms with Crippen LogP contribution in [0.5, 0.6) is 0 Å². The quantitative estimate of drug-likeness (QED) is 0.348. The molecule has 0 aliphatic rings. The van der Waals surface area contributed by atoms with Crippen molar-refractivity contribution in [2.24, 2.45) is 0 Å². The second kappa shape index (κ2) is 9.02. The molecule has 1 aromatic rings. The summed E-state index contributed by atoms with van der Waals surface area (Å²) in [5.41, 5.74) is 5.75. The summed E-state index contributed by atoms with van der Waals surface area (Å²) in [5, 5.41) is 0. The molecule has 1 aromatic carbocycles. The van der Waals surface area contributed by atoms with E-state index >= 15 is 0 Å². The third kappa shape index (κ3) is 5.02. The van der Waals surface area contributed by atoms with Gasteiger partial charge in [-0.05, 0) is 0 Å². The topological polar surface area (TPSA) is 17.1 Å². The van der Waals surface area contributed by atoms with E-state index in [1.165, 1.54) is 22.3 Å². The first kappa shape index (κ1) is 19.1. The zero-order chi connectivity index (χ0) is 9.02. The van der Waals surface area contributed by atoms with Crippen LogP contribution < -0.4 is 24.8 Å². The molecular weight excluding hydrogens is 243 g/mol. The first-order valence-electron chi connectivity index (χ1n) is 3.53. The summed E-state index contributed by atoms with van der Waals surface area (Å²) in [6, 6.07) is 2.24. The standard InChI is InChI=1S/C9H13.2ClH.O.Ti/c1-6-5-7(2)9(4)8(6)3;;;;/h5H,1-4H3;2*1H;;/q-1;;;;+2/p-2. The van der Waals surface area contributed by atoms with Crippen LogP contribution in [0.4, 0.5) is 0 Å². The molecule has 1 nitrogen and oxygen atoms in total. The second-order valence-electron chi connectivity index (χ2n) is 2.76. The summed E-state index contributed by atoms with van der Waals surface area (Å²) in [6.07, 6.45) is 0. The zero-order valence-electron chi connectivity index (χ0n) is 8.24. The van der Waals surface area contributed by atoms with Crippen LogP contribution in [-0.4, -0.2) is 0 Å². The number of halogens is 2. The van der Waals surface area contributed by atoms with Gasteiger partial charge in [0.15, 0.2) is 0 Å². The van der Waals surface area contributed by atoms with E-state index in [9.17, 15) is 0 Å². The molecule has 0 saturated heterocycles. The van der Waals surface area contributed by atoms with E-state index in [1.807, 2.05) is 0 Å². The van der Waals surface area contributed by atoms with Gasteiger partial charge in [-0.2, -0.15) is 28.3 Å². The molecule has 0 bridgehead atoms. The van der Waals surface area contributed by atoms with Crippen molar-refractivity contribution < 1.29 is 48.5 Å². The van der Waals surface area contributed by atoms with E-state index in [2.05, 4.69) is 33.8 Å². The summed E-state index contributed by atoms with van der Waals surface area (Å²) in [4.78, 5) is 0. The van der Waals surface area contributed by atoms with Gasteiger partial charge >= 0.3 is 23.7 Å². The average molecular weight is 256 g/mol. The van der Waals surface area contributed by atoms with Gasteiger partial charge in [0.05, 0.1) is 0 Å². The molecule has 4 heteroatoms. The molecule has 0 atom stereocenters. The number of aryl methyl sites for hydroxylation is 2. The van der Waals surface area contributed by atoms with Crippen molar-refractivity contribution in [3.8, 4) is 0 Å². The van der Waals surface area contributed by atoms with Gasteiger partial charge in [-0.1, -0.05) is 27.7 Å². The van der Waals surface area contributed by atoms with Gasteiger partial charge in [-0.15, -0.1) is 0 Å². The monoisotopic (exact) mass is 255 g/mol. The van der Waals surface area contributed by atoms with E-state index in [-0.39, 0.29) is 24.8 Å². The Labute approximate surface area is 104 Å². The van der Waals surface area contributed by atoms with E-state index in [0.717, 1.165) is 20.4 Å². The fourth-order valence-electron chi connectivity index (χ4n) is 1.13. The van der Waals surface area contributed by atoms with Gasteiger partial charge < -0.3 is 24.8 Å². The van der Waals surface area contributed by atoms with Crippen molar-refractivity contribution in [2.75, 3.05) is 0 Å². The van der Waals surface area contributed by atoms with Gasteiger partial charge in [-0.25, -0.2) is 0 Å². The average Bonchev–Trinajstić information content (AvgIpc) is 2.22. The molecule has 0 aromatic heterocycles. The van der Waals surface area contributed by atoms with Crippen LogP contribution in [0, 0.1) is 27.7 Å². The third-order valence-electron chi connectivity index (χ3n) is 2.18. The predicted octanol–water partition coefficient (Wildman–Crippen LogP) is -3.47. The Morgan fingerprint density at radius 2 is 1.54 bits per heavy atom. The third-order valence-corrected chi connectivity index (χ3v) is 2.18. The van der Waals surface area contributed by atoms with Crippen molar-refractivity contribution in [3.05, 3.63) is 28.3 Å². The van der Waals surface area contributed by atoms with Crippen LogP contribution >= 0.6 is 0 Å². The van der Waals surface area contributed by atoms with E-state index < -0.39 is 0 Å². The first-order chi connectivity index (χ1) is 5.13. The minimum atomic E-state index is 0. The Hall–Kier alpha value is 0.444. The molecule has 0 N–H and O–H groups in total. The van der Waals surface area contributed by atoms with Crippen LogP contribution in [-0.2, 0) is 23.7 Å². The molecule has 13 heavy (non-hydrogen) atoms.